The van der Waals surface area contributed by atoms with E-state index in [9.17, 15) is 4.79 Å². The molecule has 0 bridgehead atoms. The summed E-state index contributed by atoms with van der Waals surface area (Å²) in [5, 5.41) is 17.5. The van der Waals surface area contributed by atoms with E-state index < -0.39 is 27.7 Å². The molecular weight excluding hydrogens is 480 g/mol. The Balaban J connectivity index is -0.0000000967. The van der Waals surface area contributed by atoms with Crippen molar-refractivity contribution < 1.29 is 53.5 Å². The summed E-state index contributed by atoms with van der Waals surface area (Å²) < 4.78 is 17.1. The van der Waals surface area contributed by atoms with Crippen LogP contribution in [-0.2, 0) is 20.3 Å². The van der Waals surface area contributed by atoms with Crippen molar-refractivity contribution in [2.45, 2.75) is 12.5 Å². The summed E-state index contributed by atoms with van der Waals surface area (Å²) >= 11 is 0. The fourth-order valence-electron chi connectivity index (χ4n) is 0.973. The van der Waals surface area contributed by atoms with Crippen molar-refractivity contribution >= 4 is 135 Å². The second-order valence-corrected chi connectivity index (χ2v) is 5.50. The molecule has 1 aromatic carbocycles. The van der Waals surface area contributed by atoms with Gasteiger partial charge in [-0.15, -0.1) is 0 Å². The second kappa shape index (κ2) is 19.4. The number of hydrogen-bond acceptors (Lipinski definition) is 11. The van der Waals surface area contributed by atoms with Gasteiger partial charge in [0.05, 0.1) is 0 Å². The van der Waals surface area contributed by atoms with Gasteiger partial charge in [0.1, 0.15) is 11.8 Å². The third-order valence-electron chi connectivity index (χ3n) is 1.71. The molecule has 1 rings (SSSR count). The maximum atomic E-state index is 10.4. The van der Waals surface area contributed by atoms with Crippen molar-refractivity contribution in [2.24, 2.45) is 5.73 Å². The van der Waals surface area contributed by atoms with E-state index in [1.807, 2.05) is 0 Å². The van der Waals surface area contributed by atoms with Gasteiger partial charge in [0.25, 0.3) is 0 Å². The van der Waals surface area contributed by atoms with Gasteiger partial charge in [-0.2, -0.15) is 15.6 Å². The van der Waals surface area contributed by atoms with Crippen molar-refractivity contribution in [2.75, 3.05) is 0 Å². The first-order chi connectivity index (χ1) is 10.1. The zero-order valence-corrected chi connectivity index (χ0v) is 21.7. The van der Waals surface area contributed by atoms with Crippen LogP contribution in [0.25, 0.3) is 0 Å². The summed E-state index contributed by atoms with van der Waals surface area (Å²) in [4.78, 5) is 61.7. The number of phenolic OH excluding ortho intramolecular Hbond substituents is 1. The van der Waals surface area contributed by atoms with Crippen LogP contribution in [0.5, 0.6) is 5.75 Å². The van der Waals surface area contributed by atoms with E-state index in [-0.39, 0.29) is 125 Å². The smallest absolute Gasteiger partial charge is 0.822 e. The van der Waals surface area contributed by atoms with Gasteiger partial charge in [0, 0.05) is 0 Å². The van der Waals surface area contributed by atoms with Gasteiger partial charge >= 0.3 is 119 Å². The number of aromatic hydroxyl groups is 1. The van der Waals surface area contributed by atoms with E-state index in [1.165, 1.54) is 12.1 Å². The molecule has 0 aliphatic rings. The van der Waals surface area contributed by atoms with Crippen LogP contribution in [0.3, 0.4) is 0 Å². The van der Waals surface area contributed by atoms with E-state index >= 15 is 0 Å². The maximum Gasteiger partial charge on any atom is 2.00 e. The molecule has 4 N–H and O–H groups in total. The minimum atomic E-state index is -5.39. The number of aliphatic carboxylic acids is 1. The van der Waals surface area contributed by atoms with Crippen LogP contribution in [0.2, 0.25) is 0 Å². The molecule has 12 nitrogen and oxygen atoms in total. The Kier molecular flexibility index (Phi) is 29.1. The fourth-order valence-corrected chi connectivity index (χ4v) is 0.973. The second-order valence-electron chi connectivity index (χ2n) is 3.71. The van der Waals surface area contributed by atoms with Crippen LogP contribution < -0.4 is 35.1 Å². The summed E-state index contributed by atoms with van der Waals surface area (Å²) in [6.07, 6.45) is 0.273. The SMILES string of the molecule is NC(Cc1ccc(O)cc1)C(=O)O.O=P([O-])([O-])[O-].O=P([O-])([O-])[O-].[Ca+2].[Ca+2].[Ca+2]. The average Bonchev–Trinajstić information content (AvgIpc) is 2.27. The molecule has 0 saturated carbocycles. The molecule has 0 spiro atoms. The number of carboxylic acids is 1. The number of hydrogen-bond donors (Lipinski definition) is 3. The quantitative estimate of drug-likeness (QED) is 0.263. The first-order valence-corrected chi connectivity index (χ1v) is 8.24. The monoisotopic (exact) mass is 491 g/mol. The molecule has 0 fully saturated rings. The molecule has 0 aliphatic carbocycles. The van der Waals surface area contributed by atoms with E-state index in [2.05, 4.69) is 0 Å². The molecule has 0 saturated heterocycles. The first-order valence-electron chi connectivity index (χ1n) is 5.32. The number of carbonyl (C=O) groups is 1. The summed E-state index contributed by atoms with van der Waals surface area (Å²) in [7, 11) is -10.8. The summed E-state index contributed by atoms with van der Waals surface area (Å²) in [5.74, 6) is -0.860. The molecule has 1 atom stereocenters. The maximum absolute atomic E-state index is 10.4. The van der Waals surface area contributed by atoms with Crippen LogP contribution in [0.15, 0.2) is 24.3 Å². The Morgan fingerprint density at radius 2 is 1.19 bits per heavy atom. The Labute approximate surface area is 238 Å². The van der Waals surface area contributed by atoms with Gasteiger partial charge < -0.3 is 54.4 Å². The van der Waals surface area contributed by atoms with Crippen LogP contribution in [-0.4, -0.2) is 135 Å². The summed E-state index contributed by atoms with van der Waals surface area (Å²) in [6, 6.07) is 5.42. The number of phenols is 1. The van der Waals surface area contributed by atoms with Crippen molar-refractivity contribution in [3.05, 3.63) is 29.8 Å². The Morgan fingerprint density at radius 1 is 0.923 bits per heavy atom. The van der Waals surface area contributed by atoms with Crippen molar-refractivity contribution in [1.29, 1.82) is 0 Å². The van der Waals surface area contributed by atoms with Gasteiger partial charge in [0.15, 0.2) is 0 Å². The summed E-state index contributed by atoms with van der Waals surface area (Å²) in [6.45, 7) is 0. The zero-order chi connectivity index (χ0) is 18.8. The van der Waals surface area contributed by atoms with Crippen LogP contribution >= 0.6 is 15.6 Å². The predicted octanol–water partition coefficient (Wildman–Crippen LogP) is -6.44. The van der Waals surface area contributed by atoms with E-state index in [1.54, 1.807) is 12.1 Å². The number of rotatable bonds is 3. The largest absolute Gasteiger partial charge is 2.00 e. The molecule has 1 unspecified atom stereocenters. The molecule has 26 heavy (non-hydrogen) atoms. The third-order valence-corrected chi connectivity index (χ3v) is 1.71. The minimum absolute atomic E-state index is 0. The number of phosphoric acid groups is 2. The van der Waals surface area contributed by atoms with Gasteiger partial charge in [-0.05, 0) is 24.1 Å². The van der Waals surface area contributed by atoms with Crippen molar-refractivity contribution in [1.82, 2.24) is 0 Å². The zero-order valence-electron chi connectivity index (χ0n) is 13.3. The number of carboxylic acid groups (broad SMARTS) is 1. The van der Waals surface area contributed by atoms with Gasteiger partial charge in [0.2, 0.25) is 0 Å². The first kappa shape index (κ1) is 39.0. The number of nitrogens with two attached hydrogens (primary N) is 1. The Bertz CT molecular complexity index is 540. The standard InChI is InChI=1S/C9H11NO3.3Ca.2H3O4P/c10-8(9(12)13)5-6-1-3-7(11)4-2-6;;;;2*1-5(2,3)4/h1-4,8,11H,5,10H2,(H,12,13);;;;2*(H3,1,2,3,4)/q;3*+2;;/p-6. The topological polar surface area (TPSA) is 256 Å². The average molecular weight is 491 g/mol. The molecular formula is C9H11Ca3NO11P2. The minimum Gasteiger partial charge on any atom is -0.822 e. The fraction of sp³-hybridized carbons (Fsp3) is 0.222. The molecule has 1 aromatic rings. The Morgan fingerprint density at radius 3 is 1.42 bits per heavy atom. The molecule has 0 aliphatic heterocycles. The molecule has 134 valence electrons. The van der Waals surface area contributed by atoms with Crippen LogP contribution in [0, 0.1) is 0 Å². The van der Waals surface area contributed by atoms with Gasteiger partial charge in [-0.1, -0.05) is 12.1 Å². The normalized spacial score (nSPS) is 10.7. The summed E-state index contributed by atoms with van der Waals surface area (Å²) in [5.41, 5.74) is 6.12. The molecule has 0 radical (unpaired) electrons. The molecule has 0 amide bonds. The Hall–Kier alpha value is 2.45. The van der Waals surface area contributed by atoms with Gasteiger partial charge in [-0.3, -0.25) is 4.79 Å². The van der Waals surface area contributed by atoms with Crippen molar-refractivity contribution in [3.8, 4) is 5.75 Å². The predicted molar refractivity (Wildman–Crippen MR) is 79.9 cm³/mol. The molecule has 0 aromatic heterocycles. The van der Waals surface area contributed by atoms with Gasteiger partial charge in [-0.25, -0.2) is 0 Å². The molecule has 17 heteroatoms. The van der Waals surface area contributed by atoms with Crippen molar-refractivity contribution in [3.63, 3.8) is 0 Å². The van der Waals surface area contributed by atoms with Crippen LogP contribution in [0.1, 0.15) is 5.56 Å². The number of benzene rings is 1. The van der Waals surface area contributed by atoms with E-state index in [0.717, 1.165) is 5.56 Å². The van der Waals surface area contributed by atoms with Crippen LogP contribution in [0.4, 0.5) is 0 Å². The van der Waals surface area contributed by atoms with E-state index in [4.69, 9.17) is 54.4 Å². The van der Waals surface area contributed by atoms with E-state index in [0.29, 0.717) is 0 Å². The molecule has 0 heterocycles. The third kappa shape index (κ3) is 41.0.